The van der Waals surface area contributed by atoms with E-state index >= 15 is 0 Å². The number of carbonyl (C=O) groups excluding carboxylic acids is 3. The fraction of sp³-hybridized carbons (Fsp3) is 0.400. The Morgan fingerprint density at radius 3 is 2.52 bits per heavy atom. The first-order valence-corrected chi connectivity index (χ1v) is 7.07. The summed E-state index contributed by atoms with van der Waals surface area (Å²) >= 11 is 0. The lowest BCUT2D eigenvalue weighted by Crippen LogP contribution is -2.48. The Morgan fingerprint density at radius 2 is 1.91 bits per heavy atom. The maximum Gasteiger partial charge on any atom is 0.351 e. The van der Waals surface area contributed by atoms with Gasteiger partial charge in [-0.3, -0.25) is 10.1 Å². The van der Waals surface area contributed by atoms with E-state index in [9.17, 15) is 14.4 Å². The van der Waals surface area contributed by atoms with Crippen LogP contribution in [0.5, 0.6) is 11.5 Å². The molecule has 0 saturated heterocycles. The van der Waals surface area contributed by atoms with E-state index in [1.807, 2.05) is 5.32 Å². The topological polar surface area (TPSA) is 117 Å². The second-order valence-corrected chi connectivity index (χ2v) is 5.32. The Hall–Kier alpha value is -2.77. The van der Waals surface area contributed by atoms with Crippen molar-refractivity contribution in [1.29, 1.82) is 0 Å². The summed E-state index contributed by atoms with van der Waals surface area (Å²) in [5.74, 6) is -0.933. The van der Waals surface area contributed by atoms with Crippen molar-refractivity contribution < 1.29 is 28.6 Å². The molecule has 0 unspecified atom stereocenters. The van der Waals surface area contributed by atoms with Crippen molar-refractivity contribution in [2.75, 3.05) is 6.61 Å². The number of nitrogens with one attached hydrogen (secondary N) is 1. The van der Waals surface area contributed by atoms with Crippen LogP contribution in [0.15, 0.2) is 24.3 Å². The van der Waals surface area contributed by atoms with Gasteiger partial charge >= 0.3 is 12.0 Å². The number of hydrogen-bond acceptors (Lipinski definition) is 6. The van der Waals surface area contributed by atoms with E-state index in [4.69, 9.17) is 19.9 Å². The number of urea groups is 1. The average Bonchev–Trinajstić information content (AvgIpc) is 2.50. The predicted octanol–water partition coefficient (Wildman–Crippen LogP) is 0.589. The highest BCUT2D eigenvalue weighted by Crippen LogP contribution is 2.31. The van der Waals surface area contributed by atoms with Crippen molar-refractivity contribution in [3.8, 4) is 11.5 Å². The summed E-state index contributed by atoms with van der Waals surface area (Å²) in [5, 5.41) is 1.90. The number of para-hydroxylation sites is 2. The van der Waals surface area contributed by atoms with Crippen LogP contribution in [-0.2, 0) is 14.3 Å². The van der Waals surface area contributed by atoms with Crippen LogP contribution >= 0.6 is 0 Å². The van der Waals surface area contributed by atoms with E-state index in [1.165, 1.54) is 0 Å². The van der Waals surface area contributed by atoms with E-state index in [0.717, 1.165) is 0 Å². The highest BCUT2D eigenvalue weighted by Gasteiger charge is 2.34. The van der Waals surface area contributed by atoms with E-state index in [1.54, 1.807) is 38.1 Å². The van der Waals surface area contributed by atoms with Crippen molar-refractivity contribution in [1.82, 2.24) is 5.32 Å². The van der Waals surface area contributed by atoms with Gasteiger partial charge in [-0.05, 0) is 18.1 Å². The fourth-order valence-electron chi connectivity index (χ4n) is 2.02. The highest BCUT2D eigenvalue weighted by atomic mass is 16.6. The van der Waals surface area contributed by atoms with E-state index in [-0.39, 0.29) is 12.5 Å². The van der Waals surface area contributed by atoms with Crippen molar-refractivity contribution in [2.24, 2.45) is 11.7 Å². The zero-order valence-electron chi connectivity index (χ0n) is 12.8. The molecule has 0 aromatic heterocycles. The van der Waals surface area contributed by atoms with Gasteiger partial charge in [-0.2, -0.15) is 0 Å². The summed E-state index contributed by atoms with van der Waals surface area (Å²) in [6.45, 7) is 3.32. The molecule has 3 amide bonds. The standard InChI is InChI=1S/C15H18N2O6/c1-8(2)12(13(18)17-15(16)20)23-14(19)11-7-21-9-5-3-4-6-10(9)22-11/h3-6,8,11-12H,7H2,1-2H3,(H3,16,17,18,20)/t11-,12+/m1/s1. The number of imide groups is 1. The molecule has 23 heavy (non-hydrogen) atoms. The first kappa shape index (κ1) is 16.6. The molecule has 8 heteroatoms. The molecule has 2 atom stereocenters. The van der Waals surface area contributed by atoms with Gasteiger partial charge in [0.05, 0.1) is 0 Å². The van der Waals surface area contributed by atoms with Gasteiger partial charge in [0.2, 0.25) is 6.10 Å². The Kier molecular flexibility index (Phi) is 5.05. The molecule has 0 saturated carbocycles. The van der Waals surface area contributed by atoms with Gasteiger partial charge in [-0.25, -0.2) is 9.59 Å². The van der Waals surface area contributed by atoms with Crippen molar-refractivity contribution in [3.63, 3.8) is 0 Å². The van der Waals surface area contributed by atoms with Gasteiger partial charge in [0, 0.05) is 0 Å². The molecule has 1 aromatic rings. The minimum Gasteiger partial charge on any atom is -0.485 e. The van der Waals surface area contributed by atoms with Gasteiger partial charge in [0.15, 0.2) is 17.6 Å². The molecule has 1 aromatic carbocycles. The average molecular weight is 322 g/mol. The number of hydrogen-bond donors (Lipinski definition) is 2. The van der Waals surface area contributed by atoms with E-state index < -0.39 is 30.1 Å². The van der Waals surface area contributed by atoms with Crippen molar-refractivity contribution in [2.45, 2.75) is 26.1 Å². The SMILES string of the molecule is CC(C)[C@H](OC(=O)[C@H]1COc2ccccc2O1)C(=O)NC(N)=O. The lowest BCUT2D eigenvalue weighted by Gasteiger charge is -2.27. The number of ether oxygens (including phenoxy) is 3. The van der Waals surface area contributed by atoms with Gasteiger partial charge in [0.25, 0.3) is 5.91 Å². The predicted molar refractivity (Wildman–Crippen MR) is 78.8 cm³/mol. The molecule has 0 bridgehead atoms. The second kappa shape index (κ2) is 6.99. The summed E-state index contributed by atoms with van der Waals surface area (Å²) in [5.41, 5.74) is 4.90. The lowest BCUT2D eigenvalue weighted by molar-refractivity contribution is -0.167. The largest absolute Gasteiger partial charge is 0.485 e. The van der Waals surface area contributed by atoms with Crippen LogP contribution in [0.2, 0.25) is 0 Å². The van der Waals surface area contributed by atoms with Crippen LogP contribution in [-0.4, -0.2) is 36.7 Å². The molecule has 0 spiro atoms. The van der Waals surface area contributed by atoms with Crippen molar-refractivity contribution in [3.05, 3.63) is 24.3 Å². The van der Waals surface area contributed by atoms with Crippen molar-refractivity contribution >= 4 is 17.9 Å². The van der Waals surface area contributed by atoms with Crippen LogP contribution in [0.3, 0.4) is 0 Å². The lowest BCUT2D eigenvalue weighted by atomic mass is 10.1. The molecule has 1 aliphatic heterocycles. The molecular weight excluding hydrogens is 304 g/mol. The maximum atomic E-state index is 12.2. The van der Waals surface area contributed by atoms with Crippen LogP contribution in [0.4, 0.5) is 4.79 Å². The molecule has 0 radical (unpaired) electrons. The minimum atomic E-state index is -1.16. The molecule has 1 heterocycles. The Labute approximate surface area is 132 Å². The third-order valence-electron chi connectivity index (χ3n) is 3.12. The molecule has 2 rings (SSSR count). The number of rotatable bonds is 4. The first-order chi connectivity index (χ1) is 10.9. The van der Waals surface area contributed by atoms with Gasteiger partial charge in [0.1, 0.15) is 6.61 Å². The van der Waals surface area contributed by atoms with Gasteiger partial charge in [-0.1, -0.05) is 26.0 Å². The summed E-state index contributed by atoms with van der Waals surface area (Å²) in [6.07, 6.45) is -2.15. The number of nitrogens with two attached hydrogens (primary N) is 1. The number of fused-ring (bicyclic) bond motifs is 1. The molecule has 3 N–H and O–H groups in total. The number of benzene rings is 1. The number of esters is 1. The third kappa shape index (κ3) is 4.12. The third-order valence-corrected chi connectivity index (χ3v) is 3.12. The molecule has 1 aliphatic rings. The summed E-state index contributed by atoms with van der Waals surface area (Å²) in [4.78, 5) is 34.8. The number of amides is 3. The summed E-state index contributed by atoms with van der Waals surface area (Å²) in [6, 6.07) is 5.89. The molecule has 0 aliphatic carbocycles. The monoisotopic (exact) mass is 322 g/mol. The van der Waals surface area contributed by atoms with Gasteiger partial charge < -0.3 is 19.9 Å². The molecule has 124 valence electrons. The maximum absolute atomic E-state index is 12.2. The Balaban J connectivity index is 2.02. The minimum absolute atomic E-state index is 0.0297. The highest BCUT2D eigenvalue weighted by molar-refractivity contribution is 5.97. The zero-order valence-corrected chi connectivity index (χ0v) is 12.8. The Bertz CT molecular complexity index is 616. The first-order valence-electron chi connectivity index (χ1n) is 7.07. The summed E-state index contributed by atoms with van der Waals surface area (Å²) in [7, 11) is 0. The molecule has 0 fully saturated rings. The number of carbonyl (C=O) groups is 3. The van der Waals surface area contributed by atoms with Crippen LogP contribution in [0.1, 0.15) is 13.8 Å². The summed E-state index contributed by atoms with van der Waals surface area (Å²) < 4.78 is 16.1. The second-order valence-electron chi connectivity index (χ2n) is 5.32. The quantitative estimate of drug-likeness (QED) is 0.784. The fourth-order valence-corrected chi connectivity index (χ4v) is 2.02. The zero-order chi connectivity index (χ0) is 17.0. The smallest absolute Gasteiger partial charge is 0.351 e. The van der Waals surface area contributed by atoms with Crippen LogP contribution in [0.25, 0.3) is 0 Å². The normalized spacial score (nSPS) is 17.3. The van der Waals surface area contributed by atoms with Crippen LogP contribution in [0, 0.1) is 5.92 Å². The van der Waals surface area contributed by atoms with Gasteiger partial charge in [-0.15, -0.1) is 0 Å². The molecule has 8 nitrogen and oxygen atoms in total. The molecular formula is C15H18N2O6. The van der Waals surface area contributed by atoms with Crippen LogP contribution < -0.4 is 20.5 Å². The Morgan fingerprint density at radius 1 is 1.26 bits per heavy atom. The number of primary amides is 1. The van der Waals surface area contributed by atoms with E-state index in [0.29, 0.717) is 11.5 Å². The van der Waals surface area contributed by atoms with E-state index in [2.05, 4.69) is 0 Å².